The Labute approximate surface area is 133 Å². The lowest BCUT2D eigenvalue weighted by molar-refractivity contribution is -0.117. The summed E-state index contributed by atoms with van der Waals surface area (Å²) in [6.45, 7) is 2.13. The molecule has 4 rings (SSSR count). The number of hydrogen-bond donors (Lipinski definition) is 1. The molecule has 1 saturated heterocycles. The number of nitrogens with one attached hydrogen (secondary N) is 1. The number of anilines is 1. The van der Waals surface area contributed by atoms with Gasteiger partial charge < -0.3 is 19.3 Å². The second-order valence-electron chi connectivity index (χ2n) is 5.98. The molecule has 2 aromatic rings. The minimum atomic E-state index is -0.0531. The molecule has 1 atom stereocenters. The van der Waals surface area contributed by atoms with Gasteiger partial charge in [0.05, 0.1) is 6.61 Å². The second-order valence-corrected chi connectivity index (χ2v) is 5.98. The number of hydrogen-bond acceptors (Lipinski definition) is 5. The molecule has 0 radical (unpaired) electrons. The molecule has 120 valence electrons. The van der Waals surface area contributed by atoms with Gasteiger partial charge in [0.15, 0.2) is 11.6 Å². The van der Waals surface area contributed by atoms with Crippen LogP contribution in [0.15, 0.2) is 28.8 Å². The molecule has 2 aliphatic heterocycles. The van der Waals surface area contributed by atoms with Crippen LogP contribution in [0.3, 0.4) is 0 Å². The van der Waals surface area contributed by atoms with Crippen LogP contribution in [-0.4, -0.2) is 30.9 Å². The zero-order valence-electron chi connectivity index (χ0n) is 12.7. The predicted octanol–water partition coefficient (Wildman–Crippen LogP) is 2.64. The first-order valence-corrected chi connectivity index (χ1v) is 7.88. The molecule has 1 fully saturated rings. The molecular weight excluding hydrogens is 296 g/mol. The fourth-order valence-corrected chi connectivity index (χ4v) is 3.01. The molecular formula is C17H18N2O4. The van der Waals surface area contributed by atoms with Crippen LogP contribution >= 0.6 is 0 Å². The van der Waals surface area contributed by atoms with Crippen molar-refractivity contribution in [3.63, 3.8) is 0 Å². The molecule has 6 heteroatoms. The molecule has 1 unspecified atom stereocenters. The van der Waals surface area contributed by atoms with Crippen LogP contribution in [-0.2, 0) is 16.0 Å². The van der Waals surface area contributed by atoms with Crippen molar-refractivity contribution in [1.82, 2.24) is 5.16 Å². The lowest BCUT2D eigenvalue weighted by atomic mass is 10.0. The van der Waals surface area contributed by atoms with E-state index in [9.17, 15) is 4.79 Å². The SMILES string of the molecule is O=C(CC1CCOC1)Nc1cc(-c2ccc3c(c2)CCO3)on1. The Morgan fingerprint density at radius 3 is 3.13 bits per heavy atom. The zero-order chi connectivity index (χ0) is 15.6. The Morgan fingerprint density at radius 2 is 2.26 bits per heavy atom. The smallest absolute Gasteiger partial charge is 0.225 e. The van der Waals surface area contributed by atoms with E-state index in [1.165, 1.54) is 5.56 Å². The Hall–Kier alpha value is -2.34. The molecule has 0 saturated carbocycles. The first-order valence-electron chi connectivity index (χ1n) is 7.88. The third-order valence-corrected chi connectivity index (χ3v) is 4.25. The van der Waals surface area contributed by atoms with E-state index in [2.05, 4.69) is 10.5 Å². The van der Waals surface area contributed by atoms with E-state index in [0.29, 0.717) is 30.5 Å². The van der Waals surface area contributed by atoms with Crippen LogP contribution in [0.5, 0.6) is 5.75 Å². The molecule has 23 heavy (non-hydrogen) atoms. The van der Waals surface area contributed by atoms with E-state index in [4.69, 9.17) is 14.0 Å². The maximum Gasteiger partial charge on any atom is 0.225 e. The lowest BCUT2D eigenvalue weighted by Crippen LogP contribution is -2.16. The van der Waals surface area contributed by atoms with Crippen LogP contribution in [0.2, 0.25) is 0 Å². The molecule has 1 N–H and O–H groups in total. The van der Waals surface area contributed by atoms with Crippen molar-refractivity contribution in [2.45, 2.75) is 19.3 Å². The number of rotatable bonds is 4. The second kappa shape index (κ2) is 6.04. The Balaban J connectivity index is 1.43. The number of aromatic nitrogens is 1. The van der Waals surface area contributed by atoms with Crippen molar-refractivity contribution in [2.75, 3.05) is 25.1 Å². The molecule has 0 spiro atoms. The van der Waals surface area contributed by atoms with Crippen molar-refractivity contribution in [1.29, 1.82) is 0 Å². The van der Waals surface area contributed by atoms with Crippen molar-refractivity contribution in [2.24, 2.45) is 5.92 Å². The van der Waals surface area contributed by atoms with Gasteiger partial charge in [-0.05, 0) is 36.1 Å². The van der Waals surface area contributed by atoms with Crippen LogP contribution < -0.4 is 10.1 Å². The standard InChI is InChI=1S/C17H18N2O4/c20-17(7-11-3-5-21-10-11)18-16-9-15(23-19-16)12-1-2-14-13(8-12)4-6-22-14/h1-2,8-9,11H,3-7,10H2,(H,18,19,20). The average molecular weight is 314 g/mol. The topological polar surface area (TPSA) is 73.6 Å². The van der Waals surface area contributed by atoms with Gasteiger partial charge in [-0.15, -0.1) is 0 Å². The van der Waals surface area contributed by atoms with Crippen LogP contribution in [0.1, 0.15) is 18.4 Å². The molecule has 0 aliphatic carbocycles. The molecule has 3 heterocycles. The van der Waals surface area contributed by atoms with Gasteiger partial charge in [0.25, 0.3) is 0 Å². The minimum absolute atomic E-state index is 0.0531. The fraction of sp³-hybridized carbons (Fsp3) is 0.412. The summed E-state index contributed by atoms with van der Waals surface area (Å²) in [5.41, 5.74) is 2.11. The fourth-order valence-electron chi connectivity index (χ4n) is 3.01. The maximum absolute atomic E-state index is 12.0. The highest BCUT2D eigenvalue weighted by molar-refractivity contribution is 5.90. The first kappa shape index (κ1) is 14.3. The number of nitrogens with zero attached hydrogens (tertiary/aromatic N) is 1. The van der Waals surface area contributed by atoms with Gasteiger partial charge in [-0.25, -0.2) is 0 Å². The summed E-state index contributed by atoms with van der Waals surface area (Å²) in [6.07, 6.45) is 2.30. The van der Waals surface area contributed by atoms with E-state index >= 15 is 0 Å². The summed E-state index contributed by atoms with van der Waals surface area (Å²) in [6, 6.07) is 7.68. The van der Waals surface area contributed by atoms with E-state index in [1.54, 1.807) is 6.07 Å². The van der Waals surface area contributed by atoms with E-state index in [1.807, 2.05) is 18.2 Å². The lowest BCUT2D eigenvalue weighted by Gasteiger charge is -2.05. The average Bonchev–Trinajstić information content (AvgIpc) is 3.27. The van der Waals surface area contributed by atoms with Crippen molar-refractivity contribution in [3.05, 3.63) is 29.8 Å². The maximum atomic E-state index is 12.0. The number of carbonyl (C=O) groups excluding carboxylic acids is 1. The van der Waals surface area contributed by atoms with Gasteiger partial charge in [0, 0.05) is 37.7 Å². The number of carbonyl (C=O) groups is 1. The molecule has 1 amide bonds. The van der Waals surface area contributed by atoms with Crippen molar-refractivity contribution in [3.8, 4) is 17.1 Å². The number of amides is 1. The van der Waals surface area contributed by atoms with Gasteiger partial charge in [-0.2, -0.15) is 0 Å². The van der Waals surface area contributed by atoms with Gasteiger partial charge in [0.1, 0.15) is 5.75 Å². The molecule has 1 aromatic heterocycles. The molecule has 2 aliphatic rings. The highest BCUT2D eigenvalue weighted by atomic mass is 16.5. The summed E-state index contributed by atoms with van der Waals surface area (Å²) in [5.74, 6) is 2.27. The molecule has 6 nitrogen and oxygen atoms in total. The van der Waals surface area contributed by atoms with Crippen LogP contribution in [0, 0.1) is 5.92 Å². The number of fused-ring (bicyclic) bond motifs is 1. The number of ether oxygens (including phenoxy) is 2. The summed E-state index contributed by atoms with van der Waals surface area (Å²) < 4.78 is 16.1. The van der Waals surface area contributed by atoms with Gasteiger partial charge in [-0.1, -0.05) is 5.16 Å². The van der Waals surface area contributed by atoms with E-state index in [-0.39, 0.29) is 5.91 Å². The normalized spacial score (nSPS) is 19.4. The Bertz CT molecular complexity index is 719. The van der Waals surface area contributed by atoms with E-state index < -0.39 is 0 Å². The van der Waals surface area contributed by atoms with Crippen molar-refractivity contribution >= 4 is 11.7 Å². The monoisotopic (exact) mass is 314 g/mol. The Kier molecular flexibility index (Phi) is 3.75. The summed E-state index contributed by atoms with van der Waals surface area (Å²) in [4.78, 5) is 12.0. The van der Waals surface area contributed by atoms with Crippen LogP contribution in [0.4, 0.5) is 5.82 Å². The highest BCUT2D eigenvalue weighted by Gasteiger charge is 2.20. The quantitative estimate of drug-likeness (QED) is 0.939. The zero-order valence-corrected chi connectivity index (χ0v) is 12.7. The van der Waals surface area contributed by atoms with Gasteiger partial charge in [0.2, 0.25) is 5.91 Å². The van der Waals surface area contributed by atoms with Crippen LogP contribution in [0.25, 0.3) is 11.3 Å². The first-order chi connectivity index (χ1) is 11.3. The van der Waals surface area contributed by atoms with Gasteiger partial charge >= 0.3 is 0 Å². The third-order valence-electron chi connectivity index (χ3n) is 4.25. The largest absolute Gasteiger partial charge is 0.493 e. The molecule has 0 bridgehead atoms. The summed E-state index contributed by atoms with van der Waals surface area (Å²) >= 11 is 0. The van der Waals surface area contributed by atoms with Gasteiger partial charge in [-0.3, -0.25) is 4.79 Å². The van der Waals surface area contributed by atoms with Crippen molar-refractivity contribution < 1.29 is 18.8 Å². The summed E-state index contributed by atoms with van der Waals surface area (Å²) in [5, 5.41) is 6.72. The minimum Gasteiger partial charge on any atom is -0.493 e. The highest BCUT2D eigenvalue weighted by Crippen LogP contribution is 2.31. The summed E-state index contributed by atoms with van der Waals surface area (Å²) in [7, 11) is 0. The molecule has 1 aromatic carbocycles. The van der Waals surface area contributed by atoms with E-state index in [0.717, 1.165) is 37.4 Å². The predicted molar refractivity (Wildman–Crippen MR) is 83.3 cm³/mol. The Morgan fingerprint density at radius 1 is 1.30 bits per heavy atom. The number of benzene rings is 1. The third kappa shape index (κ3) is 3.07.